The fraction of sp³-hybridized carbons (Fsp3) is 0.444. The molecule has 2 heterocycles. The summed E-state index contributed by atoms with van der Waals surface area (Å²) in [7, 11) is 1.27. The van der Waals surface area contributed by atoms with Gasteiger partial charge in [0.25, 0.3) is 0 Å². The minimum atomic E-state index is -0.969. The Hall–Kier alpha value is -2.50. The number of rotatable bonds is 2. The van der Waals surface area contributed by atoms with Crippen LogP contribution >= 0.6 is 0 Å². The number of carbonyl (C=O) groups excluding carboxylic acids is 2. The van der Waals surface area contributed by atoms with Crippen LogP contribution in [0.1, 0.15) is 38.2 Å². The highest BCUT2D eigenvalue weighted by molar-refractivity contribution is 6.06. The molecular weight excluding hydrogens is 308 g/mol. The zero-order valence-corrected chi connectivity index (χ0v) is 14.0. The minimum absolute atomic E-state index is 0.0449. The van der Waals surface area contributed by atoms with Crippen LogP contribution in [0.4, 0.5) is 0 Å². The summed E-state index contributed by atoms with van der Waals surface area (Å²) in [6.45, 7) is 3.99. The van der Waals surface area contributed by atoms with Crippen molar-refractivity contribution in [2.75, 3.05) is 7.11 Å². The Kier molecular flexibility index (Phi) is 3.99. The Morgan fingerprint density at radius 3 is 2.79 bits per heavy atom. The van der Waals surface area contributed by atoms with E-state index in [-0.39, 0.29) is 17.1 Å². The molecule has 1 N–H and O–H groups in total. The maximum atomic E-state index is 12.8. The van der Waals surface area contributed by atoms with Gasteiger partial charge >= 0.3 is 5.97 Å². The first kappa shape index (κ1) is 16.4. The fourth-order valence-electron chi connectivity index (χ4n) is 3.52. The number of carbonyl (C=O) groups is 2. The molecule has 1 aromatic rings. The number of ketones is 1. The number of hydrogen-bond acceptors (Lipinski definition) is 6. The van der Waals surface area contributed by atoms with Crippen LogP contribution in [0.25, 0.3) is 0 Å². The number of hydrogen-bond donors (Lipinski definition) is 1. The van der Waals surface area contributed by atoms with Gasteiger partial charge in [-0.05, 0) is 17.0 Å². The second-order valence-electron chi connectivity index (χ2n) is 7.01. The number of aromatic nitrogens is 1. The Morgan fingerprint density at radius 1 is 1.42 bits per heavy atom. The predicted octanol–water partition coefficient (Wildman–Crippen LogP) is 2.61. The molecule has 0 fully saturated rings. The summed E-state index contributed by atoms with van der Waals surface area (Å²) in [6.07, 6.45) is 4.19. The van der Waals surface area contributed by atoms with Crippen LogP contribution in [0.3, 0.4) is 0 Å². The number of nitrogens with zero attached hydrogens (tertiary/aromatic N) is 1. The Balaban J connectivity index is 2.18. The van der Waals surface area contributed by atoms with Crippen LogP contribution in [-0.4, -0.2) is 29.7 Å². The van der Waals surface area contributed by atoms with E-state index in [4.69, 9.17) is 14.9 Å². The predicted molar refractivity (Wildman–Crippen MR) is 86.3 cm³/mol. The normalized spacial score (nSPS) is 25.8. The van der Waals surface area contributed by atoms with Gasteiger partial charge in [-0.15, -0.1) is 0 Å². The van der Waals surface area contributed by atoms with E-state index in [1.807, 2.05) is 19.9 Å². The number of ether oxygens (including phenoxy) is 2. The van der Waals surface area contributed by atoms with Crippen molar-refractivity contribution in [3.63, 3.8) is 0 Å². The molecule has 1 aromatic heterocycles. The number of esters is 1. The highest BCUT2D eigenvalue weighted by Crippen LogP contribution is 2.48. The molecule has 24 heavy (non-hydrogen) atoms. The van der Waals surface area contributed by atoms with E-state index in [2.05, 4.69) is 4.98 Å². The van der Waals surface area contributed by atoms with E-state index in [9.17, 15) is 9.59 Å². The van der Waals surface area contributed by atoms with Crippen molar-refractivity contribution in [1.82, 2.24) is 4.98 Å². The van der Waals surface area contributed by atoms with E-state index >= 15 is 0 Å². The smallest absolute Gasteiger partial charge is 0.319 e. The topological polar surface area (TPSA) is 89.3 Å². The lowest BCUT2D eigenvalue weighted by molar-refractivity contribution is -0.144. The van der Waals surface area contributed by atoms with E-state index in [1.54, 1.807) is 18.5 Å². The van der Waals surface area contributed by atoms with Gasteiger partial charge in [-0.3, -0.25) is 20.0 Å². The third-order valence-corrected chi connectivity index (χ3v) is 4.54. The molecule has 0 saturated carbocycles. The molecule has 0 bridgehead atoms. The van der Waals surface area contributed by atoms with E-state index in [0.29, 0.717) is 29.7 Å². The molecular formula is C18H20N2O4. The van der Waals surface area contributed by atoms with Crippen molar-refractivity contribution in [3.8, 4) is 0 Å². The highest BCUT2D eigenvalue weighted by atomic mass is 16.5. The largest absolute Gasteiger partial charge is 0.468 e. The van der Waals surface area contributed by atoms with Crippen LogP contribution in [0.2, 0.25) is 0 Å². The minimum Gasteiger partial charge on any atom is -0.468 e. The molecule has 0 spiro atoms. The van der Waals surface area contributed by atoms with Gasteiger partial charge in [0.15, 0.2) is 5.78 Å². The fourth-order valence-corrected chi connectivity index (χ4v) is 3.52. The van der Waals surface area contributed by atoms with Gasteiger partial charge in [-0.2, -0.15) is 0 Å². The molecule has 6 heteroatoms. The molecule has 3 rings (SSSR count). The molecule has 2 atom stereocenters. The quantitative estimate of drug-likeness (QED) is 0.843. The first-order valence-corrected chi connectivity index (χ1v) is 7.84. The van der Waals surface area contributed by atoms with Crippen LogP contribution in [0.15, 0.2) is 35.9 Å². The SMILES string of the molecule is COC(=O)C1C(=N)OC2=C(C(=O)CC(C)(C)C2)C1c1cccnc1. The van der Waals surface area contributed by atoms with E-state index in [0.717, 1.165) is 0 Å². The summed E-state index contributed by atoms with van der Waals surface area (Å²) in [5.41, 5.74) is 0.962. The van der Waals surface area contributed by atoms with Crippen LogP contribution in [0.5, 0.6) is 0 Å². The van der Waals surface area contributed by atoms with Gasteiger partial charge in [0.2, 0.25) is 5.90 Å². The summed E-state index contributed by atoms with van der Waals surface area (Å²) in [6, 6.07) is 3.56. The lowest BCUT2D eigenvalue weighted by Crippen LogP contribution is -2.42. The van der Waals surface area contributed by atoms with Crippen molar-refractivity contribution in [3.05, 3.63) is 41.4 Å². The van der Waals surface area contributed by atoms with Crippen molar-refractivity contribution in [1.29, 1.82) is 5.41 Å². The van der Waals surface area contributed by atoms with Crippen molar-refractivity contribution in [2.24, 2.45) is 11.3 Å². The average Bonchev–Trinajstić information content (AvgIpc) is 2.52. The molecule has 6 nitrogen and oxygen atoms in total. The lowest BCUT2D eigenvalue weighted by Gasteiger charge is -2.40. The van der Waals surface area contributed by atoms with Crippen molar-refractivity contribution >= 4 is 17.7 Å². The summed E-state index contributed by atoms with van der Waals surface area (Å²) < 4.78 is 10.5. The molecule has 126 valence electrons. The van der Waals surface area contributed by atoms with Gasteiger partial charge in [0.1, 0.15) is 11.7 Å². The van der Waals surface area contributed by atoms with Gasteiger partial charge in [0.05, 0.1) is 7.11 Å². The summed E-state index contributed by atoms with van der Waals surface area (Å²) >= 11 is 0. The zero-order chi connectivity index (χ0) is 17.5. The molecule has 0 saturated heterocycles. The van der Waals surface area contributed by atoms with E-state index in [1.165, 1.54) is 7.11 Å². The molecule has 0 aromatic carbocycles. The standard InChI is InChI=1S/C18H20N2O4/c1-18(2)7-11(21)14-12(8-18)24-16(19)15(17(22)23-3)13(14)10-5-4-6-20-9-10/h4-6,9,13,15,19H,7-8H2,1-3H3. The third kappa shape index (κ3) is 2.72. The number of allylic oxidation sites excluding steroid dienone is 2. The number of nitrogens with one attached hydrogen (secondary N) is 1. The van der Waals surface area contributed by atoms with Gasteiger partial charge < -0.3 is 9.47 Å². The molecule has 2 unspecified atom stereocenters. The van der Waals surface area contributed by atoms with Crippen LogP contribution < -0.4 is 0 Å². The first-order valence-electron chi connectivity index (χ1n) is 7.84. The van der Waals surface area contributed by atoms with Gasteiger partial charge in [-0.25, -0.2) is 0 Å². The third-order valence-electron chi connectivity index (χ3n) is 4.54. The number of pyridine rings is 1. The summed E-state index contributed by atoms with van der Waals surface area (Å²) in [5.74, 6) is -1.88. The maximum Gasteiger partial charge on any atom is 0.319 e. The molecule has 0 amide bonds. The zero-order valence-electron chi connectivity index (χ0n) is 14.0. The first-order chi connectivity index (χ1) is 11.3. The monoisotopic (exact) mass is 328 g/mol. The maximum absolute atomic E-state index is 12.8. The lowest BCUT2D eigenvalue weighted by atomic mass is 9.68. The highest BCUT2D eigenvalue weighted by Gasteiger charge is 2.49. The van der Waals surface area contributed by atoms with Crippen LogP contribution in [0, 0.1) is 16.7 Å². The molecule has 1 aliphatic heterocycles. The van der Waals surface area contributed by atoms with Crippen molar-refractivity contribution in [2.45, 2.75) is 32.6 Å². The van der Waals surface area contributed by atoms with Crippen molar-refractivity contribution < 1.29 is 19.1 Å². The summed E-state index contributed by atoms with van der Waals surface area (Å²) in [4.78, 5) is 29.2. The molecule has 0 radical (unpaired) electrons. The van der Waals surface area contributed by atoms with Crippen LogP contribution in [-0.2, 0) is 19.1 Å². The Labute approximate surface area is 140 Å². The molecule has 2 aliphatic rings. The Bertz CT molecular complexity index is 737. The summed E-state index contributed by atoms with van der Waals surface area (Å²) in [5, 5.41) is 8.19. The number of methoxy groups -OCH3 is 1. The second-order valence-corrected chi connectivity index (χ2v) is 7.01. The molecule has 1 aliphatic carbocycles. The second kappa shape index (κ2) is 5.85. The van der Waals surface area contributed by atoms with Gasteiger partial charge in [-0.1, -0.05) is 19.9 Å². The Morgan fingerprint density at radius 2 is 2.17 bits per heavy atom. The number of Topliss-reactive ketones (excluding diaryl/α,β-unsaturated/α-hetero) is 1. The van der Waals surface area contributed by atoms with Gasteiger partial charge in [0, 0.05) is 36.7 Å². The van der Waals surface area contributed by atoms with E-state index < -0.39 is 17.8 Å². The average molecular weight is 328 g/mol.